The van der Waals surface area contributed by atoms with E-state index < -0.39 is 52.9 Å². The largest absolute Gasteiger partial charge is 0.465 e. The minimum atomic E-state index is -1.66. The fourth-order valence-corrected chi connectivity index (χ4v) is 5.83. The SMILES string of the molecule is COC(=O)c1ccc(NC(=O)[C@@H]2N[C@@H](CC(C)(C)C)[C@](N)(c3ccc(Cl)cc3F)[C@H]2c2cccc(Cl)c2F)cc1F. The van der Waals surface area contributed by atoms with Crippen LogP contribution in [0.15, 0.2) is 54.6 Å². The Morgan fingerprint density at radius 2 is 1.76 bits per heavy atom. The zero-order valence-corrected chi connectivity index (χ0v) is 24.3. The lowest BCUT2D eigenvalue weighted by Crippen LogP contribution is -2.52. The Hall–Kier alpha value is -3.11. The van der Waals surface area contributed by atoms with Crippen LogP contribution < -0.4 is 16.4 Å². The molecular weight excluding hydrogens is 578 g/mol. The summed E-state index contributed by atoms with van der Waals surface area (Å²) in [5.41, 5.74) is 4.91. The zero-order chi connectivity index (χ0) is 30.3. The zero-order valence-electron chi connectivity index (χ0n) is 22.8. The molecule has 0 aromatic heterocycles. The van der Waals surface area contributed by atoms with E-state index in [0.29, 0.717) is 6.42 Å². The molecule has 41 heavy (non-hydrogen) atoms. The van der Waals surface area contributed by atoms with Crippen molar-refractivity contribution >= 4 is 40.8 Å². The van der Waals surface area contributed by atoms with Gasteiger partial charge in [-0.25, -0.2) is 18.0 Å². The van der Waals surface area contributed by atoms with Crippen LogP contribution in [-0.2, 0) is 15.1 Å². The number of hydrogen-bond acceptors (Lipinski definition) is 5. The van der Waals surface area contributed by atoms with E-state index in [2.05, 4.69) is 15.4 Å². The predicted molar refractivity (Wildman–Crippen MR) is 153 cm³/mol. The summed E-state index contributed by atoms with van der Waals surface area (Å²) in [4.78, 5) is 25.6. The Morgan fingerprint density at radius 3 is 2.37 bits per heavy atom. The number of hydrogen-bond donors (Lipinski definition) is 3. The highest BCUT2D eigenvalue weighted by Crippen LogP contribution is 2.50. The molecule has 1 aliphatic rings. The van der Waals surface area contributed by atoms with Gasteiger partial charge in [0.1, 0.15) is 17.5 Å². The maximum atomic E-state index is 15.7. The predicted octanol–water partition coefficient (Wildman–Crippen LogP) is 6.55. The Kier molecular flexibility index (Phi) is 8.76. The first kappa shape index (κ1) is 30.8. The standard InChI is InChI=1S/C30H30Cl2F3N3O3/c1-29(2,3)14-23-30(36,19-11-8-15(31)12-22(19)34)24(18-6-5-7-20(32)25(18)35)26(38-23)27(39)37-16-9-10-17(21(33)13-16)28(40)41-4/h5-13,23-24,26,38H,14,36H2,1-4H3,(H,37,39)/t23-,24-,26+,30+/m0/s1. The van der Waals surface area contributed by atoms with Gasteiger partial charge in [-0.1, -0.05) is 62.2 Å². The first-order chi connectivity index (χ1) is 19.2. The normalized spacial score (nSPS) is 22.4. The van der Waals surface area contributed by atoms with Crippen molar-refractivity contribution in [3.05, 3.63) is 98.8 Å². The number of carbonyl (C=O) groups is 2. The lowest BCUT2D eigenvalue weighted by atomic mass is 9.68. The number of nitrogens with one attached hydrogen (secondary N) is 2. The van der Waals surface area contributed by atoms with E-state index in [4.69, 9.17) is 28.9 Å². The van der Waals surface area contributed by atoms with E-state index in [1.165, 1.54) is 42.5 Å². The molecule has 0 bridgehead atoms. The average Bonchev–Trinajstić information content (AvgIpc) is 3.16. The Morgan fingerprint density at radius 1 is 1.05 bits per heavy atom. The molecule has 6 nitrogen and oxygen atoms in total. The number of amides is 1. The van der Waals surface area contributed by atoms with Crippen LogP contribution >= 0.6 is 23.2 Å². The van der Waals surface area contributed by atoms with Gasteiger partial charge < -0.3 is 21.1 Å². The Bertz CT molecular complexity index is 1500. The molecule has 3 aromatic carbocycles. The molecule has 1 fully saturated rings. The van der Waals surface area contributed by atoms with Gasteiger partial charge in [0.25, 0.3) is 0 Å². The van der Waals surface area contributed by atoms with Crippen LogP contribution in [0.2, 0.25) is 10.0 Å². The Labute approximate surface area is 246 Å². The molecule has 0 saturated carbocycles. The van der Waals surface area contributed by atoms with Gasteiger partial charge in [0.2, 0.25) is 5.91 Å². The number of halogens is 5. The molecule has 4 atom stereocenters. The molecule has 1 heterocycles. The number of anilines is 1. The number of nitrogens with two attached hydrogens (primary N) is 1. The molecule has 1 saturated heterocycles. The third-order valence-corrected chi connectivity index (χ3v) is 7.79. The highest BCUT2D eigenvalue weighted by atomic mass is 35.5. The van der Waals surface area contributed by atoms with Crippen LogP contribution in [0.4, 0.5) is 18.9 Å². The van der Waals surface area contributed by atoms with E-state index in [1.807, 2.05) is 20.8 Å². The van der Waals surface area contributed by atoms with Crippen LogP contribution in [0, 0.1) is 22.9 Å². The van der Waals surface area contributed by atoms with Crippen molar-refractivity contribution in [2.45, 2.75) is 50.7 Å². The van der Waals surface area contributed by atoms with Crippen molar-refractivity contribution < 1.29 is 27.5 Å². The van der Waals surface area contributed by atoms with Gasteiger partial charge in [0.05, 0.1) is 29.3 Å². The molecule has 0 unspecified atom stereocenters. The number of methoxy groups -OCH3 is 1. The molecular formula is C30H30Cl2F3N3O3. The number of rotatable bonds is 6. The van der Waals surface area contributed by atoms with Crippen molar-refractivity contribution in [3.63, 3.8) is 0 Å². The summed E-state index contributed by atoms with van der Waals surface area (Å²) in [6.07, 6.45) is 0.372. The summed E-state index contributed by atoms with van der Waals surface area (Å²) in [6, 6.07) is 9.90. The maximum Gasteiger partial charge on any atom is 0.340 e. The fraction of sp³-hybridized carbons (Fsp3) is 0.333. The fourth-order valence-electron chi connectivity index (χ4n) is 5.49. The molecule has 1 amide bonds. The minimum Gasteiger partial charge on any atom is -0.465 e. The molecule has 3 aromatic rings. The first-order valence-electron chi connectivity index (χ1n) is 12.8. The quantitative estimate of drug-likeness (QED) is 0.276. The molecule has 218 valence electrons. The molecule has 0 spiro atoms. The van der Waals surface area contributed by atoms with Crippen molar-refractivity contribution in [2.75, 3.05) is 12.4 Å². The summed E-state index contributed by atoms with van der Waals surface area (Å²) in [7, 11) is 1.12. The number of esters is 1. The van der Waals surface area contributed by atoms with Crippen LogP contribution in [0.5, 0.6) is 0 Å². The highest BCUT2D eigenvalue weighted by molar-refractivity contribution is 6.31. The summed E-state index contributed by atoms with van der Waals surface area (Å²) >= 11 is 12.2. The van der Waals surface area contributed by atoms with Gasteiger partial charge in [-0.15, -0.1) is 0 Å². The second kappa shape index (κ2) is 11.6. The topological polar surface area (TPSA) is 93.4 Å². The van der Waals surface area contributed by atoms with E-state index >= 15 is 8.78 Å². The van der Waals surface area contributed by atoms with E-state index in [9.17, 15) is 14.0 Å². The maximum absolute atomic E-state index is 15.7. The van der Waals surface area contributed by atoms with Crippen LogP contribution in [0.25, 0.3) is 0 Å². The number of carbonyl (C=O) groups excluding carboxylic acids is 2. The van der Waals surface area contributed by atoms with Gasteiger partial charge in [-0.3, -0.25) is 4.79 Å². The van der Waals surface area contributed by atoms with Gasteiger partial charge in [0, 0.05) is 28.2 Å². The molecule has 11 heteroatoms. The number of benzene rings is 3. The van der Waals surface area contributed by atoms with Gasteiger partial charge in [-0.05, 0) is 53.8 Å². The third kappa shape index (κ3) is 6.09. The van der Waals surface area contributed by atoms with E-state index in [1.54, 1.807) is 0 Å². The van der Waals surface area contributed by atoms with Crippen LogP contribution in [-0.4, -0.2) is 31.1 Å². The Balaban J connectivity index is 1.86. The molecule has 4 rings (SSSR count). The minimum absolute atomic E-state index is 0.00521. The van der Waals surface area contributed by atoms with Crippen molar-refractivity contribution in [1.29, 1.82) is 0 Å². The smallest absolute Gasteiger partial charge is 0.340 e. The van der Waals surface area contributed by atoms with Crippen molar-refractivity contribution in [2.24, 2.45) is 11.1 Å². The molecule has 1 aliphatic heterocycles. The number of ether oxygens (including phenoxy) is 1. The third-order valence-electron chi connectivity index (χ3n) is 7.26. The lowest BCUT2D eigenvalue weighted by molar-refractivity contribution is -0.118. The summed E-state index contributed by atoms with van der Waals surface area (Å²) in [5.74, 6) is -5.14. The first-order valence-corrected chi connectivity index (χ1v) is 13.6. The lowest BCUT2D eigenvalue weighted by Gasteiger charge is -2.40. The summed E-state index contributed by atoms with van der Waals surface area (Å²) in [6.45, 7) is 5.88. The molecule has 0 radical (unpaired) electrons. The van der Waals surface area contributed by atoms with E-state index in [0.717, 1.165) is 19.2 Å². The average molecular weight is 608 g/mol. The second-order valence-electron chi connectivity index (χ2n) is 11.3. The van der Waals surface area contributed by atoms with Crippen LogP contribution in [0.3, 0.4) is 0 Å². The van der Waals surface area contributed by atoms with Crippen molar-refractivity contribution in [1.82, 2.24) is 5.32 Å². The van der Waals surface area contributed by atoms with Crippen molar-refractivity contribution in [3.8, 4) is 0 Å². The molecule has 0 aliphatic carbocycles. The highest BCUT2D eigenvalue weighted by Gasteiger charge is 2.58. The molecule has 4 N–H and O–H groups in total. The van der Waals surface area contributed by atoms with Gasteiger partial charge in [0.15, 0.2) is 0 Å². The van der Waals surface area contributed by atoms with Gasteiger partial charge in [-0.2, -0.15) is 0 Å². The second-order valence-corrected chi connectivity index (χ2v) is 12.2. The van der Waals surface area contributed by atoms with Crippen LogP contribution in [0.1, 0.15) is 54.6 Å². The van der Waals surface area contributed by atoms with Gasteiger partial charge >= 0.3 is 5.97 Å². The van der Waals surface area contributed by atoms with E-state index in [-0.39, 0.29) is 37.8 Å². The summed E-state index contributed by atoms with van der Waals surface area (Å²) in [5, 5.41) is 5.80. The monoisotopic (exact) mass is 607 g/mol. The summed E-state index contributed by atoms with van der Waals surface area (Å²) < 4.78 is 50.4.